The summed E-state index contributed by atoms with van der Waals surface area (Å²) in [6.45, 7) is -5.37. The number of aliphatic hydroxyl groups excluding tert-OH is 9. The van der Waals surface area contributed by atoms with E-state index < -0.39 is 191 Å². The van der Waals surface area contributed by atoms with Crippen molar-refractivity contribution in [3.8, 4) is 0 Å². The molecule has 4 heterocycles. The van der Waals surface area contributed by atoms with Crippen LogP contribution >= 0.6 is 0 Å². The molecule has 0 aliphatic carbocycles. The van der Waals surface area contributed by atoms with Crippen molar-refractivity contribution >= 4 is 65.5 Å². The van der Waals surface area contributed by atoms with Crippen LogP contribution in [0.3, 0.4) is 0 Å². The van der Waals surface area contributed by atoms with Crippen LogP contribution in [0.2, 0.25) is 0 Å². The topological polar surface area (TPSA) is 676 Å². The summed E-state index contributed by atoms with van der Waals surface area (Å²) >= 11 is 0. The van der Waals surface area contributed by atoms with Gasteiger partial charge in [0.2, 0.25) is 11.8 Å². The van der Waals surface area contributed by atoms with Crippen molar-refractivity contribution in [2.45, 2.75) is 170 Å². The number of rotatable bonds is 42. The Bertz CT molecular complexity index is 2890. The monoisotopic (exact) mass is 1810 g/mol. The van der Waals surface area contributed by atoms with Crippen molar-refractivity contribution < 1.29 is 225 Å². The standard InChI is InChI=1S/C35H59N7O15.C26H36N4O12.C3H9NO2.2Gd/c43-16-24(17-44)37-30(49)7-4-27(33(52)53)40-10-12-41(28(34(54)55)5-8-31(50)38-25(18-45)19-46)14-22-2-1-3-23(36-22)15-42(13-11-40)29(35(56)57)6-9-32(51)39-26(20-47)21-48;31-21(32)7-4-18(24(37)38)28-10-12-29(19(25(39)40)5-8-22(33)34)14-16-2-1-3-17(27-16)15-30(13-11-28)20(26(41)42)6-9-23(35)36;4-3(1-5)2-6;;/h1-3,24-30,37,43-49H,4-21H2,(H,38,50)(H,39,51)(H,52,53)(H,54,55)(H,56,57);1-3,18-20H,4-15H2,(H,31,32)(H,33,34)(H,35,36)(H,37,38)(H,39,40)(H,41,42);3,5-6H,1-2,4H2;;/q;;;2*+3/p-6. The molecule has 2 aliphatic rings. The van der Waals surface area contributed by atoms with E-state index in [9.17, 15) is 119 Å². The first kappa shape index (κ1) is 101. The minimum absolute atomic E-state index is 0. The molecule has 43 heteroatoms. The third kappa shape index (κ3) is 39.8. The van der Waals surface area contributed by atoms with Gasteiger partial charge in [0.1, 0.15) is 6.23 Å². The summed E-state index contributed by atoms with van der Waals surface area (Å²) in [6.07, 6.45) is -5.63. The maximum atomic E-state index is 12.7. The molecule has 107 heavy (non-hydrogen) atoms. The second-order valence-corrected chi connectivity index (χ2v) is 24.8. The molecule has 604 valence electrons. The van der Waals surface area contributed by atoms with Crippen LogP contribution in [0, 0.1) is 79.9 Å². The van der Waals surface area contributed by atoms with E-state index in [0.717, 1.165) is 0 Å². The minimum atomic E-state index is -1.60. The van der Waals surface area contributed by atoms with Gasteiger partial charge in [-0.2, -0.15) is 0 Å². The van der Waals surface area contributed by atoms with Crippen LogP contribution in [-0.2, 0) is 78.9 Å². The van der Waals surface area contributed by atoms with E-state index in [2.05, 4.69) is 25.9 Å². The second kappa shape index (κ2) is 55.8. The molecule has 7 atom stereocenters. The van der Waals surface area contributed by atoms with Gasteiger partial charge in [-0.05, 0) is 69.2 Å². The summed E-state index contributed by atoms with van der Waals surface area (Å²) in [5, 5.41) is 191. The van der Waals surface area contributed by atoms with Gasteiger partial charge in [-0.1, -0.05) is 12.1 Å². The maximum Gasteiger partial charge on any atom is 3.00 e. The number of fused-ring (bicyclic) bond motifs is 4. The number of aliphatic hydroxyl groups is 9. The maximum absolute atomic E-state index is 12.7. The quantitative estimate of drug-likeness (QED) is 0.0275. The van der Waals surface area contributed by atoms with Crippen molar-refractivity contribution in [2.24, 2.45) is 5.73 Å². The van der Waals surface area contributed by atoms with Crippen molar-refractivity contribution in [3.63, 3.8) is 0 Å². The van der Waals surface area contributed by atoms with E-state index in [1.54, 1.807) is 36.4 Å². The molecule has 41 nitrogen and oxygen atoms in total. The Kier molecular flexibility index (Phi) is 52.9. The van der Waals surface area contributed by atoms with Gasteiger partial charge in [0, 0.05) is 123 Å². The van der Waals surface area contributed by atoms with Crippen molar-refractivity contribution in [1.82, 2.24) is 55.3 Å². The number of carbonyl (C=O) groups is 11. The smallest absolute Gasteiger partial charge is 0.548 e. The van der Waals surface area contributed by atoms with Crippen LogP contribution in [-0.4, -0.2) is 338 Å². The molecule has 2 aromatic heterocycles. The molecule has 2 radical (unpaired) electrons. The molecular weight excluding hydrogens is 1720 g/mol. The van der Waals surface area contributed by atoms with Gasteiger partial charge in [-0.15, -0.1) is 0 Å². The molecule has 0 saturated carbocycles. The summed E-state index contributed by atoms with van der Waals surface area (Å²) in [7, 11) is 0. The molecule has 17 N–H and O–H groups in total. The first-order chi connectivity index (χ1) is 49.8. The number of amides is 2. The van der Waals surface area contributed by atoms with Gasteiger partial charge in [-0.25, -0.2) is 0 Å². The minimum Gasteiger partial charge on any atom is -0.548 e. The number of nitrogens with two attached hydrogens (primary N) is 1. The molecule has 0 aromatic carbocycles. The van der Waals surface area contributed by atoms with Crippen LogP contribution in [0.15, 0.2) is 36.4 Å². The Labute approximate surface area is 680 Å². The SMILES string of the molecule is NC(CO)CO.O=C(CCC(C(=O)[O-])N1CCN(C(CCC(O)NC(CO)CO)C(=O)[O-])CCN(C(CCC(=O)NC(CO)CO)C(=O)[O-])Cc2cccc(n2)C1)NC(CO)CO.O=C(O)CCC(C(=O)[O-])N1CCN(C(CCC(=O)O)C(=O)[O-])Cc2cccc(n2)CN(C(CCC(=O)O)C(=O)[O-])CC1.[Gd+3].[Gd+3]. The van der Waals surface area contributed by atoms with Crippen LogP contribution in [0.25, 0.3) is 0 Å². The summed E-state index contributed by atoms with van der Waals surface area (Å²) in [5.41, 5.74) is 6.32. The zero-order chi connectivity index (χ0) is 78.9. The van der Waals surface area contributed by atoms with Gasteiger partial charge in [-0.3, -0.25) is 68.7 Å². The molecule has 2 amide bonds. The molecule has 0 fully saturated rings. The third-order valence-corrected chi connectivity index (χ3v) is 17.0. The number of pyridine rings is 2. The Morgan fingerprint density at radius 2 is 0.598 bits per heavy atom. The number of carbonyl (C=O) groups excluding carboxylic acids is 8. The molecule has 4 bridgehead atoms. The van der Waals surface area contributed by atoms with Gasteiger partial charge >= 0.3 is 97.8 Å². The van der Waals surface area contributed by atoms with Crippen molar-refractivity contribution in [2.75, 3.05) is 105 Å². The fourth-order valence-corrected chi connectivity index (χ4v) is 11.3. The number of aromatic nitrogens is 2. The van der Waals surface area contributed by atoms with Crippen LogP contribution in [0.5, 0.6) is 0 Å². The second-order valence-electron chi connectivity index (χ2n) is 24.8. The summed E-state index contributed by atoms with van der Waals surface area (Å²) in [4.78, 5) is 150. The van der Waals surface area contributed by atoms with Gasteiger partial charge in [0.25, 0.3) is 0 Å². The third-order valence-electron chi connectivity index (χ3n) is 17.0. The largest absolute Gasteiger partial charge is 3.00 e. The van der Waals surface area contributed by atoms with Crippen molar-refractivity contribution in [3.05, 3.63) is 59.2 Å². The Morgan fingerprint density at radius 3 is 0.822 bits per heavy atom. The number of hydrogen-bond acceptors (Lipinski definition) is 36. The number of nitrogens with one attached hydrogen (secondary N) is 3. The zero-order valence-corrected chi connectivity index (χ0v) is 63.1. The molecule has 0 saturated heterocycles. The first-order valence-electron chi connectivity index (χ1n) is 33.7. The predicted octanol–water partition coefficient (Wildman–Crippen LogP) is -14.9. The van der Waals surface area contributed by atoms with E-state index >= 15 is 0 Å². The molecule has 7 unspecified atom stereocenters. The summed E-state index contributed by atoms with van der Waals surface area (Å²) in [6, 6.07) is -2.25. The van der Waals surface area contributed by atoms with Crippen LogP contribution < -0.4 is 52.3 Å². The zero-order valence-electron chi connectivity index (χ0n) is 58.6. The molecule has 2 aromatic rings. The van der Waals surface area contributed by atoms with E-state index in [1.807, 2.05) is 0 Å². The van der Waals surface area contributed by atoms with Crippen molar-refractivity contribution in [1.29, 1.82) is 0 Å². The Balaban J connectivity index is 0.00000198. The fourth-order valence-electron chi connectivity index (χ4n) is 11.3. The predicted molar refractivity (Wildman–Crippen MR) is 346 cm³/mol. The Morgan fingerprint density at radius 1 is 0.364 bits per heavy atom. The van der Waals surface area contributed by atoms with Crippen LogP contribution in [0.1, 0.15) is 99.8 Å². The van der Waals surface area contributed by atoms with Gasteiger partial charge in [0.05, 0.1) is 160 Å². The number of carboxylic acid groups (broad SMARTS) is 9. The average molecular weight is 1810 g/mol. The summed E-state index contributed by atoms with van der Waals surface area (Å²) < 4.78 is 0. The molecule has 0 spiro atoms. The fraction of sp³-hybridized carbons (Fsp3) is 0.672. The first-order valence-corrected chi connectivity index (χ1v) is 33.7. The number of hydrogen-bond donors (Lipinski definition) is 16. The van der Waals surface area contributed by atoms with E-state index in [-0.39, 0.29) is 229 Å². The van der Waals surface area contributed by atoms with E-state index in [0.29, 0.717) is 22.8 Å². The number of aliphatic carboxylic acids is 9. The van der Waals surface area contributed by atoms with Gasteiger partial charge in [0.15, 0.2) is 0 Å². The normalized spacial score (nSPS) is 16.5. The summed E-state index contributed by atoms with van der Waals surface area (Å²) in [5.74, 6) is -14.4. The number of carboxylic acids is 9. The molecule has 2 aliphatic heterocycles. The van der Waals surface area contributed by atoms with Gasteiger partial charge < -0.3 is 137 Å². The van der Waals surface area contributed by atoms with E-state index in [4.69, 9.17) is 31.3 Å². The van der Waals surface area contributed by atoms with E-state index in [1.165, 1.54) is 29.4 Å². The molecular formula is C64H98Gd2N12O29. The number of nitrogens with zero attached hydrogens (tertiary/aromatic N) is 8. The molecule has 4 rings (SSSR count). The van der Waals surface area contributed by atoms with Crippen LogP contribution in [0.4, 0.5) is 0 Å². The Hall–Kier alpha value is -5.56. The average Bonchev–Trinajstić information content (AvgIpc) is 0.834.